The van der Waals surface area contributed by atoms with Crippen LogP contribution in [0, 0.1) is 11.3 Å². The van der Waals surface area contributed by atoms with Gasteiger partial charge in [-0.1, -0.05) is 0 Å². The van der Waals surface area contributed by atoms with Gasteiger partial charge in [0, 0.05) is 70.4 Å². The Hall–Kier alpha value is -3.32. The third-order valence-electron chi connectivity index (χ3n) is 7.87. The molecule has 37 heavy (non-hydrogen) atoms. The molecule has 3 aromatic rings. The van der Waals surface area contributed by atoms with E-state index in [-0.39, 0.29) is 12.2 Å². The van der Waals surface area contributed by atoms with Crippen LogP contribution in [-0.2, 0) is 11.2 Å². The van der Waals surface area contributed by atoms with E-state index in [1.807, 2.05) is 12.1 Å². The number of aromatic nitrogens is 3. The molecule has 0 radical (unpaired) electrons. The van der Waals surface area contributed by atoms with E-state index in [1.165, 1.54) is 11.1 Å². The predicted molar refractivity (Wildman–Crippen MR) is 144 cm³/mol. The molecule has 1 N–H and O–H groups in total. The third kappa shape index (κ3) is 4.85. The number of nitrogens with one attached hydrogen (secondary N) is 1. The van der Waals surface area contributed by atoms with Gasteiger partial charge in [-0.3, -0.25) is 14.9 Å². The number of benzene rings is 1. The molecular formula is C28H34N8O. The molecule has 2 unspecified atom stereocenters. The molecule has 6 rings (SSSR count). The van der Waals surface area contributed by atoms with Gasteiger partial charge in [0.1, 0.15) is 22.9 Å². The maximum atomic E-state index is 9.49. The van der Waals surface area contributed by atoms with Gasteiger partial charge in [0.05, 0.1) is 23.5 Å². The van der Waals surface area contributed by atoms with Crippen LogP contribution in [0.25, 0.3) is 11.0 Å². The fourth-order valence-corrected chi connectivity index (χ4v) is 5.98. The summed E-state index contributed by atoms with van der Waals surface area (Å²) in [7, 11) is 0. The molecule has 9 nitrogen and oxygen atoms in total. The maximum absolute atomic E-state index is 9.49. The number of ether oxygens (including phenoxy) is 1. The molecule has 0 spiro atoms. The SMILES string of the molecule is CC1CN(c2ccc(C#N)c3nccnc23)CC(CN2CCN(c3cc4c(cn3)CCN[C@H]4C)CC2)O1. The first-order valence-electron chi connectivity index (χ1n) is 13.3. The van der Waals surface area contributed by atoms with Crippen molar-refractivity contribution in [2.45, 2.75) is 38.5 Å². The highest BCUT2D eigenvalue weighted by Crippen LogP contribution is 2.30. The third-order valence-corrected chi connectivity index (χ3v) is 7.87. The lowest BCUT2D eigenvalue weighted by molar-refractivity contribution is -0.0327. The average molecular weight is 499 g/mol. The Labute approximate surface area is 218 Å². The molecule has 2 saturated heterocycles. The number of anilines is 2. The minimum atomic E-state index is 0.103. The van der Waals surface area contributed by atoms with Gasteiger partial charge < -0.3 is 19.9 Å². The number of pyridine rings is 1. The molecule has 0 bridgehead atoms. The van der Waals surface area contributed by atoms with Crippen molar-refractivity contribution in [3.8, 4) is 6.07 Å². The zero-order chi connectivity index (χ0) is 25.4. The van der Waals surface area contributed by atoms with Gasteiger partial charge in [0.15, 0.2) is 0 Å². The standard InChI is InChI=1S/C28H34N8O/c1-19-16-36(25-4-3-21(14-29)27-28(25)32-8-7-31-27)18-23(37-19)17-34-9-11-35(12-10-34)26-13-24-20(2)30-6-5-22(24)15-33-26/h3-4,7-8,13,15,19-20,23,30H,5-6,9-12,16-18H2,1-2H3/t19?,20-,23?/m0/s1. The largest absolute Gasteiger partial charge is 0.370 e. The molecule has 3 aliphatic heterocycles. The summed E-state index contributed by atoms with van der Waals surface area (Å²) in [6.07, 6.45) is 6.70. The molecule has 3 atom stereocenters. The van der Waals surface area contributed by atoms with Gasteiger partial charge in [-0.15, -0.1) is 0 Å². The van der Waals surface area contributed by atoms with Crippen LogP contribution in [0.4, 0.5) is 11.5 Å². The molecule has 2 aromatic heterocycles. The normalized spacial score (nSPS) is 24.6. The van der Waals surface area contributed by atoms with Crippen LogP contribution in [0.3, 0.4) is 0 Å². The lowest BCUT2D eigenvalue weighted by atomic mass is 9.97. The number of nitrogens with zero attached hydrogens (tertiary/aromatic N) is 7. The molecule has 0 aliphatic carbocycles. The Morgan fingerprint density at radius 1 is 1.03 bits per heavy atom. The van der Waals surface area contributed by atoms with E-state index < -0.39 is 0 Å². The predicted octanol–water partition coefficient (Wildman–Crippen LogP) is 2.52. The molecular weight excluding hydrogens is 464 g/mol. The highest BCUT2D eigenvalue weighted by molar-refractivity contribution is 5.92. The van der Waals surface area contributed by atoms with Crippen molar-refractivity contribution in [1.29, 1.82) is 5.26 Å². The first-order chi connectivity index (χ1) is 18.1. The Balaban J connectivity index is 1.11. The van der Waals surface area contributed by atoms with Crippen molar-refractivity contribution >= 4 is 22.5 Å². The Morgan fingerprint density at radius 2 is 1.84 bits per heavy atom. The number of piperazine rings is 1. The van der Waals surface area contributed by atoms with Crippen molar-refractivity contribution in [3.63, 3.8) is 0 Å². The molecule has 0 saturated carbocycles. The quantitative estimate of drug-likeness (QED) is 0.582. The van der Waals surface area contributed by atoms with E-state index in [2.05, 4.69) is 62.2 Å². The number of nitriles is 1. The van der Waals surface area contributed by atoms with Crippen molar-refractivity contribution < 1.29 is 4.74 Å². The van der Waals surface area contributed by atoms with Crippen LogP contribution >= 0.6 is 0 Å². The average Bonchev–Trinajstić information content (AvgIpc) is 2.92. The van der Waals surface area contributed by atoms with E-state index in [4.69, 9.17) is 9.72 Å². The lowest BCUT2D eigenvalue weighted by Crippen LogP contribution is -2.54. The van der Waals surface area contributed by atoms with Gasteiger partial charge >= 0.3 is 0 Å². The molecule has 9 heteroatoms. The van der Waals surface area contributed by atoms with Crippen LogP contribution in [0.2, 0.25) is 0 Å². The van der Waals surface area contributed by atoms with Gasteiger partial charge in [0.25, 0.3) is 0 Å². The fraction of sp³-hybridized carbons (Fsp3) is 0.500. The minimum absolute atomic E-state index is 0.103. The van der Waals surface area contributed by atoms with Gasteiger partial charge in [-0.2, -0.15) is 5.26 Å². The molecule has 192 valence electrons. The minimum Gasteiger partial charge on any atom is -0.370 e. The summed E-state index contributed by atoms with van der Waals surface area (Å²) in [5.74, 6) is 1.09. The van der Waals surface area contributed by atoms with Crippen LogP contribution in [0.15, 0.2) is 36.8 Å². The smallest absolute Gasteiger partial charge is 0.128 e. The van der Waals surface area contributed by atoms with Gasteiger partial charge in [-0.05, 0) is 56.1 Å². The van der Waals surface area contributed by atoms with Gasteiger partial charge in [0.2, 0.25) is 0 Å². The molecule has 3 aliphatic rings. The summed E-state index contributed by atoms with van der Waals surface area (Å²) in [6.45, 7) is 11.8. The molecule has 5 heterocycles. The van der Waals surface area contributed by atoms with Crippen molar-refractivity contribution in [3.05, 3.63) is 53.5 Å². The van der Waals surface area contributed by atoms with Crippen LogP contribution < -0.4 is 15.1 Å². The van der Waals surface area contributed by atoms with Crippen molar-refractivity contribution in [2.75, 3.05) is 62.2 Å². The summed E-state index contributed by atoms with van der Waals surface area (Å²) in [6, 6.07) is 8.78. The van der Waals surface area contributed by atoms with E-state index >= 15 is 0 Å². The van der Waals surface area contributed by atoms with Gasteiger partial charge in [-0.25, -0.2) is 4.98 Å². The summed E-state index contributed by atoms with van der Waals surface area (Å²) >= 11 is 0. The van der Waals surface area contributed by atoms with Crippen molar-refractivity contribution in [2.24, 2.45) is 0 Å². The zero-order valence-electron chi connectivity index (χ0n) is 21.6. The summed E-state index contributed by atoms with van der Waals surface area (Å²) < 4.78 is 6.38. The summed E-state index contributed by atoms with van der Waals surface area (Å²) in [5.41, 5.74) is 5.79. The topological polar surface area (TPSA) is 93.4 Å². The van der Waals surface area contributed by atoms with E-state index in [1.54, 1.807) is 12.4 Å². The van der Waals surface area contributed by atoms with E-state index in [9.17, 15) is 5.26 Å². The van der Waals surface area contributed by atoms with Crippen LogP contribution in [-0.4, -0.2) is 84.4 Å². The Bertz CT molecular complexity index is 1320. The summed E-state index contributed by atoms with van der Waals surface area (Å²) in [4.78, 5) is 21.1. The van der Waals surface area contributed by atoms with Crippen LogP contribution in [0.5, 0.6) is 0 Å². The second-order valence-electron chi connectivity index (χ2n) is 10.4. The second-order valence-corrected chi connectivity index (χ2v) is 10.4. The highest BCUT2D eigenvalue weighted by atomic mass is 16.5. The van der Waals surface area contributed by atoms with E-state index in [0.29, 0.717) is 17.1 Å². The number of hydrogen-bond donors (Lipinski definition) is 1. The molecule has 1 aromatic carbocycles. The van der Waals surface area contributed by atoms with E-state index in [0.717, 1.165) is 75.8 Å². The fourth-order valence-electron chi connectivity index (χ4n) is 5.98. The molecule has 0 amide bonds. The first kappa shape index (κ1) is 24.0. The number of hydrogen-bond acceptors (Lipinski definition) is 9. The number of fused-ring (bicyclic) bond motifs is 2. The van der Waals surface area contributed by atoms with Crippen LogP contribution in [0.1, 0.15) is 36.6 Å². The highest BCUT2D eigenvalue weighted by Gasteiger charge is 2.30. The summed E-state index contributed by atoms with van der Waals surface area (Å²) in [5, 5.41) is 13.1. The maximum Gasteiger partial charge on any atom is 0.128 e. The Kier molecular flexibility index (Phi) is 6.63. The molecule has 2 fully saturated rings. The number of rotatable bonds is 4. The monoisotopic (exact) mass is 498 g/mol. The van der Waals surface area contributed by atoms with Crippen molar-refractivity contribution in [1.82, 2.24) is 25.2 Å². The lowest BCUT2D eigenvalue weighted by Gasteiger charge is -2.42. The zero-order valence-corrected chi connectivity index (χ0v) is 21.6. The Morgan fingerprint density at radius 3 is 2.65 bits per heavy atom. The second kappa shape index (κ2) is 10.2. The first-order valence-corrected chi connectivity index (χ1v) is 13.3. The number of morpholine rings is 1.